The van der Waals surface area contributed by atoms with Gasteiger partial charge in [-0.3, -0.25) is 4.79 Å². The van der Waals surface area contributed by atoms with Crippen molar-refractivity contribution in [2.24, 2.45) is 0 Å². The zero-order valence-corrected chi connectivity index (χ0v) is 11.4. The first-order valence-corrected chi connectivity index (χ1v) is 6.13. The van der Waals surface area contributed by atoms with Gasteiger partial charge in [0.05, 0.1) is 6.08 Å². The SMILES string of the molecule is CC1(C)OC(=O)C(=CC(=O)NCc2ccc(F)c(F)c2)O1. The van der Waals surface area contributed by atoms with E-state index in [9.17, 15) is 18.4 Å². The number of ether oxygens (including phenoxy) is 2. The molecule has 1 saturated heterocycles. The van der Waals surface area contributed by atoms with Gasteiger partial charge in [0.25, 0.3) is 0 Å². The number of amides is 1. The fraction of sp³-hybridized carbons (Fsp3) is 0.286. The largest absolute Gasteiger partial charge is 0.445 e. The van der Waals surface area contributed by atoms with Crippen LogP contribution in [0.3, 0.4) is 0 Å². The van der Waals surface area contributed by atoms with Crippen molar-refractivity contribution in [2.75, 3.05) is 0 Å². The molecule has 1 aromatic rings. The van der Waals surface area contributed by atoms with Gasteiger partial charge in [0.1, 0.15) is 0 Å². The summed E-state index contributed by atoms with van der Waals surface area (Å²) in [6.45, 7) is 3.05. The van der Waals surface area contributed by atoms with Crippen LogP contribution in [0.25, 0.3) is 0 Å². The van der Waals surface area contributed by atoms with E-state index in [-0.39, 0.29) is 12.3 Å². The summed E-state index contributed by atoms with van der Waals surface area (Å²) in [7, 11) is 0. The average Bonchev–Trinajstić information content (AvgIpc) is 2.64. The second kappa shape index (κ2) is 5.51. The zero-order valence-electron chi connectivity index (χ0n) is 11.4. The highest BCUT2D eigenvalue weighted by Crippen LogP contribution is 2.25. The summed E-state index contributed by atoms with van der Waals surface area (Å²) in [5.74, 6) is -4.61. The highest BCUT2D eigenvalue weighted by molar-refractivity contribution is 5.97. The molecule has 1 aliphatic rings. The Hall–Kier alpha value is -2.44. The predicted octanol–water partition coefficient (Wildman–Crippen LogP) is 1.77. The molecule has 5 nitrogen and oxygen atoms in total. The molecule has 7 heteroatoms. The molecule has 1 N–H and O–H groups in total. The van der Waals surface area contributed by atoms with Crippen LogP contribution in [0.5, 0.6) is 0 Å². The Kier molecular flexibility index (Phi) is 3.93. The van der Waals surface area contributed by atoms with Crippen molar-refractivity contribution in [3.05, 3.63) is 47.2 Å². The van der Waals surface area contributed by atoms with Crippen LogP contribution in [0, 0.1) is 11.6 Å². The van der Waals surface area contributed by atoms with Gasteiger partial charge < -0.3 is 14.8 Å². The number of carbonyl (C=O) groups excluding carboxylic acids is 2. The fourth-order valence-corrected chi connectivity index (χ4v) is 1.70. The molecule has 1 aromatic carbocycles. The van der Waals surface area contributed by atoms with Crippen LogP contribution in [0.4, 0.5) is 8.78 Å². The minimum atomic E-state index is -1.11. The quantitative estimate of drug-likeness (QED) is 0.682. The zero-order chi connectivity index (χ0) is 15.6. The number of esters is 1. The lowest BCUT2D eigenvalue weighted by atomic mass is 10.2. The molecule has 2 rings (SSSR count). The summed E-state index contributed by atoms with van der Waals surface area (Å²) in [6, 6.07) is 3.29. The molecule has 1 fully saturated rings. The van der Waals surface area contributed by atoms with Gasteiger partial charge >= 0.3 is 5.97 Å². The van der Waals surface area contributed by atoms with Crippen LogP contribution in [0.2, 0.25) is 0 Å². The van der Waals surface area contributed by atoms with E-state index in [0.29, 0.717) is 5.56 Å². The summed E-state index contributed by atoms with van der Waals surface area (Å²) in [6.07, 6.45) is 0.955. The van der Waals surface area contributed by atoms with Crippen molar-refractivity contribution in [2.45, 2.75) is 26.2 Å². The number of hydrogen-bond donors (Lipinski definition) is 1. The molecule has 21 heavy (non-hydrogen) atoms. The number of nitrogens with one attached hydrogen (secondary N) is 1. The molecule has 1 heterocycles. The molecular weight excluding hydrogens is 284 g/mol. The number of benzene rings is 1. The molecule has 0 aromatic heterocycles. The van der Waals surface area contributed by atoms with Gasteiger partial charge in [-0.05, 0) is 17.7 Å². The van der Waals surface area contributed by atoms with E-state index in [0.717, 1.165) is 18.2 Å². The van der Waals surface area contributed by atoms with Crippen LogP contribution in [0.15, 0.2) is 30.0 Å². The van der Waals surface area contributed by atoms with Crippen LogP contribution >= 0.6 is 0 Å². The van der Waals surface area contributed by atoms with E-state index >= 15 is 0 Å². The normalized spacial score (nSPS) is 18.3. The Morgan fingerprint density at radius 1 is 1.29 bits per heavy atom. The first kappa shape index (κ1) is 15.0. The van der Waals surface area contributed by atoms with Gasteiger partial charge in [0.2, 0.25) is 17.5 Å². The van der Waals surface area contributed by atoms with Gasteiger partial charge in [0, 0.05) is 20.4 Å². The summed E-state index contributed by atoms with van der Waals surface area (Å²) in [5.41, 5.74) is 0.385. The minimum absolute atomic E-state index is 0.0156. The predicted molar refractivity (Wildman–Crippen MR) is 67.5 cm³/mol. The monoisotopic (exact) mass is 297 g/mol. The second-order valence-corrected chi connectivity index (χ2v) is 4.87. The number of cyclic esters (lactones) is 1. The Morgan fingerprint density at radius 3 is 2.57 bits per heavy atom. The number of rotatable bonds is 3. The van der Waals surface area contributed by atoms with Crippen molar-refractivity contribution < 1.29 is 27.8 Å². The minimum Gasteiger partial charge on any atom is -0.445 e. The van der Waals surface area contributed by atoms with Gasteiger partial charge in [-0.15, -0.1) is 0 Å². The Morgan fingerprint density at radius 2 is 2.00 bits per heavy atom. The van der Waals surface area contributed by atoms with Crippen molar-refractivity contribution >= 4 is 11.9 Å². The molecular formula is C14H13F2NO4. The maximum Gasteiger partial charge on any atom is 0.377 e. The average molecular weight is 297 g/mol. The molecule has 112 valence electrons. The highest BCUT2D eigenvalue weighted by Gasteiger charge is 2.37. The molecule has 0 radical (unpaired) electrons. The van der Waals surface area contributed by atoms with Crippen molar-refractivity contribution in [1.82, 2.24) is 5.32 Å². The smallest absolute Gasteiger partial charge is 0.377 e. The van der Waals surface area contributed by atoms with E-state index in [2.05, 4.69) is 5.32 Å². The number of carbonyl (C=O) groups is 2. The summed E-state index contributed by atoms with van der Waals surface area (Å²) in [5, 5.41) is 2.43. The van der Waals surface area contributed by atoms with E-state index in [1.165, 1.54) is 19.9 Å². The number of halogens is 2. The maximum absolute atomic E-state index is 13.0. The first-order chi connectivity index (χ1) is 9.77. The molecule has 0 spiro atoms. The third kappa shape index (κ3) is 3.77. The van der Waals surface area contributed by atoms with Gasteiger partial charge in [0.15, 0.2) is 11.6 Å². The van der Waals surface area contributed by atoms with E-state index in [4.69, 9.17) is 9.47 Å². The van der Waals surface area contributed by atoms with E-state index < -0.39 is 29.3 Å². The Labute approximate surface area is 119 Å². The topological polar surface area (TPSA) is 64.6 Å². The van der Waals surface area contributed by atoms with Crippen LogP contribution in [0.1, 0.15) is 19.4 Å². The molecule has 0 atom stereocenters. The van der Waals surface area contributed by atoms with Gasteiger partial charge in [-0.2, -0.15) is 0 Å². The first-order valence-electron chi connectivity index (χ1n) is 6.13. The molecule has 0 unspecified atom stereocenters. The lowest BCUT2D eigenvalue weighted by Crippen LogP contribution is -2.22. The number of hydrogen-bond acceptors (Lipinski definition) is 4. The Bertz CT molecular complexity index is 625. The summed E-state index contributed by atoms with van der Waals surface area (Å²) in [4.78, 5) is 23.0. The van der Waals surface area contributed by atoms with Crippen LogP contribution in [-0.4, -0.2) is 17.7 Å². The molecule has 1 aliphatic heterocycles. The maximum atomic E-state index is 13.0. The van der Waals surface area contributed by atoms with Crippen molar-refractivity contribution in [3.63, 3.8) is 0 Å². The summed E-state index contributed by atoms with van der Waals surface area (Å²) >= 11 is 0. The van der Waals surface area contributed by atoms with Crippen LogP contribution in [-0.2, 0) is 25.6 Å². The molecule has 0 saturated carbocycles. The third-order valence-corrected chi connectivity index (χ3v) is 2.61. The van der Waals surface area contributed by atoms with E-state index in [1.54, 1.807) is 0 Å². The van der Waals surface area contributed by atoms with Crippen molar-refractivity contribution in [3.8, 4) is 0 Å². The van der Waals surface area contributed by atoms with Crippen LogP contribution < -0.4 is 5.32 Å². The van der Waals surface area contributed by atoms with Gasteiger partial charge in [-0.1, -0.05) is 6.07 Å². The highest BCUT2D eigenvalue weighted by atomic mass is 19.2. The standard InChI is InChI=1S/C14H13F2NO4/c1-14(2)20-11(13(19)21-14)6-12(18)17-7-8-3-4-9(15)10(16)5-8/h3-6H,7H2,1-2H3,(H,17,18). The fourth-order valence-electron chi connectivity index (χ4n) is 1.70. The lowest BCUT2D eigenvalue weighted by Gasteiger charge is -2.13. The van der Waals surface area contributed by atoms with E-state index in [1.807, 2.05) is 0 Å². The summed E-state index contributed by atoms with van der Waals surface area (Å²) < 4.78 is 35.7. The third-order valence-electron chi connectivity index (χ3n) is 2.61. The van der Waals surface area contributed by atoms with Crippen molar-refractivity contribution in [1.29, 1.82) is 0 Å². The molecule has 0 aliphatic carbocycles. The second-order valence-electron chi connectivity index (χ2n) is 4.87. The molecule has 1 amide bonds. The molecule has 0 bridgehead atoms. The lowest BCUT2D eigenvalue weighted by molar-refractivity contribution is -0.159. The van der Waals surface area contributed by atoms with Gasteiger partial charge in [-0.25, -0.2) is 13.6 Å². The Balaban J connectivity index is 1.96.